The normalized spacial score (nSPS) is 19.6. The van der Waals surface area contributed by atoms with Crippen molar-refractivity contribution in [1.29, 1.82) is 0 Å². The monoisotopic (exact) mass is 416 g/mol. The molecule has 3 N–H and O–H groups in total. The molecular formula is C22H23F3N4O. The molecule has 1 aromatic carbocycles. The second-order valence-corrected chi connectivity index (χ2v) is 7.79. The number of halogens is 3. The van der Waals surface area contributed by atoms with Crippen molar-refractivity contribution < 1.29 is 18.0 Å². The Balaban J connectivity index is 1.34. The zero-order valence-electron chi connectivity index (χ0n) is 16.5. The van der Waals surface area contributed by atoms with E-state index < -0.39 is 11.9 Å². The van der Waals surface area contributed by atoms with E-state index in [0.29, 0.717) is 16.9 Å². The lowest BCUT2D eigenvalue weighted by Gasteiger charge is -2.30. The second-order valence-electron chi connectivity index (χ2n) is 7.79. The van der Waals surface area contributed by atoms with Gasteiger partial charge in [-0.05, 0) is 50.8 Å². The summed E-state index contributed by atoms with van der Waals surface area (Å²) in [5.74, 6) is -0.108. The van der Waals surface area contributed by atoms with Crippen LogP contribution in [0.4, 0.5) is 18.9 Å². The molecule has 0 bridgehead atoms. The van der Waals surface area contributed by atoms with Crippen molar-refractivity contribution in [3.8, 4) is 0 Å². The van der Waals surface area contributed by atoms with Gasteiger partial charge >= 0.3 is 6.18 Å². The number of nitrogens with one attached hydrogen (secondary N) is 3. The zero-order valence-corrected chi connectivity index (χ0v) is 16.5. The van der Waals surface area contributed by atoms with Gasteiger partial charge in [-0.1, -0.05) is 18.2 Å². The smallest absolute Gasteiger partial charge is 0.382 e. The van der Waals surface area contributed by atoms with E-state index in [1.165, 1.54) is 0 Å². The van der Waals surface area contributed by atoms with Crippen LogP contribution >= 0.6 is 0 Å². The van der Waals surface area contributed by atoms with Crippen molar-refractivity contribution in [2.45, 2.75) is 50.9 Å². The van der Waals surface area contributed by atoms with Gasteiger partial charge in [-0.25, -0.2) is 4.98 Å². The standard InChI is InChI=1S/C22H23F3N4O/c1-13-10-16(11-20(27-13)22(23,24)25)28-14-6-8-15(9-7-14)29-21(30)18-12-26-19-5-3-2-4-17(18)19/h2-5,10-12,14-15,26H,6-9H2,1H3,(H,27,28)(H,29,30). The summed E-state index contributed by atoms with van der Waals surface area (Å²) >= 11 is 0. The Morgan fingerprint density at radius 2 is 1.80 bits per heavy atom. The molecule has 4 rings (SSSR count). The average Bonchev–Trinajstić information content (AvgIpc) is 3.13. The molecule has 5 nitrogen and oxygen atoms in total. The van der Waals surface area contributed by atoms with E-state index in [9.17, 15) is 18.0 Å². The van der Waals surface area contributed by atoms with Crippen LogP contribution in [-0.2, 0) is 6.18 Å². The summed E-state index contributed by atoms with van der Waals surface area (Å²) < 4.78 is 38.9. The molecule has 0 spiro atoms. The molecule has 30 heavy (non-hydrogen) atoms. The van der Waals surface area contributed by atoms with Gasteiger partial charge in [0.2, 0.25) is 0 Å². The molecule has 0 atom stereocenters. The third-order valence-corrected chi connectivity index (χ3v) is 5.51. The molecule has 0 unspecified atom stereocenters. The molecule has 3 aromatic rings. The van der Waals surface area contributed by atoms with E-state index in [1.54, 1.807) is 19.2 Å². The minimum absolute atomic E-state index is 0.0501. The number of carbonyl (C=O) groups excluding carboxylic acids is 1. The van der Waals surface area contributed by atoms with Crippen molar-refractivity contribution in [2.24, 2.45) is 0 Å². The number of benzene rings is 1. The molecule has 0 radical (unpaired) electrons. The summed E-state index contributed by atoms with van der Waals surface area (Å²) in [6.45, 7) is 1.55. The van der Waals surface area contributed by atoms with Crippen LogP contribution in [0, 0.1) is 6.92 Å². The number of aromatic amines is 1. The number of aryl methyl sites for hydroxylation is 1. The molecule has 1 fully saturated rings. The number of nitrogens with zero attached hydrogens (tertiary/aromatic N) is 1. The number of rotatable bonds is 4. The number of alkyl halides is 3. The Labute approximate surface area is 172 Å². The Morgan fingerprint density at radius 1 is 1.10 bits per heavy atom. The summed E-state index contributed by atoms with van der Waals surface area (Å²) in [5, 5.41) is 7.18. The van der Waals surface area contributed by atoms with Gasteiger partial charge in [0.25, 0.3) is 5.91 Å². The molecule has 1 amide bonds. The molecule has 158 valence electrons. The van der Waals surface area contributed by atoms with Crippen molar-refractivity contribution in [3.05, 3.63) is 59.5 Å². The molecule has 0 aliphatic heterocycles. The van der Waals surface area contributed by atoms with E-state index in [1.807, 2.05) is 24.3 Å². The number of pyridine rings is 1. The number of anilines is 1. The first-order chi connectivity index (χ1) is 14.3. The summed E-state index contributed by atoms with van der Waals surface area (Å²) in [4.78, 5) is 19.3. The van der Waals surface area contributed by atoms with E-state index in [0.717, 1.165) is 42.7 Å². The minimum atomic E-state index is -4.47. The Morgan fingerprint density at radius 3 is 2.53 bits per heavy atom. The Kier molecular flexibility index (Phi) is 5.40. The lowest BCUT2D eigenvalue weighted by molar-refractivity contribution is -0.141. The first kappa shape index (κ1) is 20.3. The number of para-hydroxylation sites is 1. The Hall–Kier alpha value is -3.03. The lowest BCUT2D eigenvalue weighted by Crippen LogP contribution is -2.40. The predicted molar refractivity (Wildman–Crippen MR) is 109 cm³/mol. The molecule has 1 saturated carbocycles. The fourth-order valence-electron chi connectivity index (χ4n) is 4.04. The van der Waals surface area contributed by atoms with Crippen LogP contribution in [0.3, 0.4) is 0 Å². The third-order valence-electron chi connectivity index (χ3n) is 5.51. The molecule has 1 aliphatic rings. The highest BCUT2D eigenvalue weighted by Gasteiger charge is 2.33. The molecule has 0 saturated heterocycles. The van der Waals surface area contributed by atoms with Gasteiger partial charge < -0.3 is 15.6 Å². The van der Waals surface area contributed by atoms with E-state index in [4.69, 9.17) is 0 Å². The number of hydrogen-bond acceptors (Lipinski definition) is 3. The van der Waals surface area contributed by atoms with Crippen molar-refractivity contribution in [2.75, 3.05) is 5.32 Å². The maximum Gasteiger partial charge on any atom is 0.433 e. The first-order valence-corrected chi connectivity index (χ1v) is 9.99. The van der Waals surface area contributed by atoms with Crippen LogP contribution in [0.5, 0.6) is 0 Å². The maximum absolute atomic E-state index is 13.0. The highest BCUT2D eigenvalue weighted by Crippen LogP contribution is 2.31. The number of H-pyrrole nitrogens is 1. The largest absolute Gasteiger partial charge is 0.433 e. The fraction of sp³-hybridized carbons (Fsp3) is 0.364. The van der Waals surface area contributed by atoms with Gasteiger partial charge in [-0.3, -0.25) is 4.79 Å². The van der Waals surface area contributed by atoms with Crippen LogP contribution in [-0.4, -0.2) is 28.0 Å². The van der Waals surface area contributed by atoms with E-state index in [-0.39, 0.29) is 18.0 Å². The summed E-state index contributed by atoms with van der Waals surface area (Å²) in [5.41, 5.74) is 1.41. The molecule has 1 aliphatic carbocycles. The second kappa shape index (κ2) is 8.01. The molecule has 2 aromatic heterocycles. The highest BCUT2D eigenvalue weighted by molar-refractivity contribution is 6.06. The van der Waals surface area contributed by atoms with Crippen molar-refractivity contribution in [3.63, 3.8) is 0 Å². The van der Waals surface area contributed by atoms with E-state index >= 15 is 0 Å². The van der Waals surface area contributed by atoms with Gasteiger partial charge in [-0.15, -0.1) is 0 Å². The first-order valence-electron chi connectivity index (χ1n) is 9.99. The van der Waals surface area contributed by atoms with Gasteiger partial charge in [-0.2, -0.15) is 13.2 Å². The topological polar surface area (TPSA) is 69.8 Å². The van der Waals surface area contributed by atoms with Crippen molar-refractivity contribution >= 4 is 22.5 Å². The van der Waals surface area contributed by atoms with Gasteiger partial charge in [0.15, 0.2) is 0 Å². The Bertz CT molecular complexity index is 1050. The maximum atomic E-state index is 13.0. The van der Waals surface area contributed by atoms with Crippen LogP contribution in [0.1, 0.15) is 47.4 Å². The van der Waals surface area contributed by atoms with Crippen LogP contribution < -0.4 is 10.6 Å². The van der Waals surface area contributed by atoms with E-state index in [2.05, 4.69) is 20.6 Å². The van der Waals surface area contributed by atoms with Crippen LogP contribution in [0.15, 0.2) is 42.6 Å². The molecular weight excluding hydrogens is 393 g/mol. The number of hydrogen-bond donors (Lipinski definition) is 3. The van der Waals surface area contributed by atoms with Gasteiger partial charge in [0.1, 0.15) is 5.69 Å². The average molecular weight is 416 g/mol. The SMILES string of the molecule is Cc1cc(NC2CCC(NC(=O)c3c[nH]c4ccccc34)CC2)cc(C(F)(F)F)n1. The van der Waals surface area contributed by atoms with Crippen LogP contribution in [0.25, 0.3) is 10.9 Å². The lowest BCUT2D eigenvalue weighted by atomic mass is 9.90. The minimum Gasteiger partial charge on any atom is -0.382 e. The number of aromatic nitrogens is 2. The predicted octanol–water partition coefficient (Wildman–Crippen LogP) is 5.04. The summed E-state index contributed by atoms with van der Waals surface area (Å²) in [6, 6.07) is 10.4. The molecule has 8 heteroatoms. The molecule has 2 heterocycles. The number of carbonyl (C=O) groups is 1. The summed E-state index contributed by atoms with van der Waals surface area (Å²) in [6.07, 6.45) is 0.316. The highest BCUT2D eigenvalue weighted by atomic mass is 19.4. The number of amides is 1. The summed E-state index contributed by atoms with van der Waals surface area (Å²) in [7, 11) is 0. The van der Waals surface area contributed by atoms with Gasteiger partial charge in [0, 0.05) is 40.6 Å². The van der Waals surface area contributed by atoms with Crippen LogP contribution in [0.2, 0.25) is 0 Å². The zero-order chi connectivity index (χ0) is 21.3. The third kappa shape index (κ3) is 4.42. The fourth-order valence-corrected chi connectivity index (χ4v) is 4.04. The van der Waals surface area contributed by atoms with Crippen molar-refractivity contribution in [1.82, 2.24) is 15.3 Å². The van der Waals surface area contributed by atoms with Gasteiger partial charge in [0.05, 0.1) is 5.56 Å². The quantitative estimate of drug-likeness (QED) is 0.558. The number of fused-ring (bicyclic) bond motifs is 1.